The summed E-state index contributed by atoms with van der Waals surface area (Å²) in [5, 5.41) is 3.61. The first-order valence-electron chi connectivity index (χ1n) is 9.23. The van der Waals surface area contributed by atoms with Crippen LogP contribution in [0.3, 0.4) is 0 Å². The summed E-state index contributed by atoms with van der Waals surface area (Å²) in [6, 6.07) is 17.0. The van der Waals surface area contributed by atoms with Gasteiger partial charge in [-0.2, -0.15) is 0 Å². The Labute approximate surface area is 167 Å². The molecule has 0 radical (unpaired) electrons. The van der Waals surface area contributed by atoms with Crippen molar-refractivity contribution >= 4 is 64.6 Å². The van der Waals surface area contributed by atoms with Gasteiger partial charge in [-0.3, -0.25) is 4.98 Å². The Balaban J connectivity index is 1.80. The number of imidazole rings is 1. The highest BCUT2D eigenvalue weighted by molar-refractivity contribution is 7.26. The minimum Gasteiger partial charge on any atom is -0.254 e. The molecular formula is C22H12N6S. The van der Waals surface area contributed by atoms with E-state index in [1.54, 1.807) is 12.5 Å². The van der Waals surface area contributed by atoms with Crippen LogP contribution in [0.15, 0.2) is 73.6 Å². The van der Waals surface area contributed by atoms with Gasteiger partial charge in [-0.15, -0.1) is 11.3 Å². The largest absolute Gasteiger partial charge is 0.254 e. The molecule has 0 saturated heterocycles. The second-order valence-electron chi connectivity index (χ2n) is 6.94. The van der Waals surface area contributed by atoms with E-state index in [-0.39, 0.29) is 0 Å². The first-order valence-corrected chi connectivity index (χ1v) is 10.0. The molecule has 0 unspecified atom stereocenters. The number of pyridine rings is 1. The van der Waals surface area contributed by atoms with Crippen LogP contribution in [0.2, 0.25) is 0 Å². The van der Waals surface area contributed by atoms with E-state index in [1.165, 1.54) is 26.5 Å². The van der Waals surface area contributed by atoms with E-state index in [9.17, 15) is 0 Å². The summed E-state index contributed by atoms with van der Waals surface area (Å²) >= 11 is 1.81. The minimum absolute atomic E-state index is 0.668. The maximum Gasteiger partial charge on any atom is 0.182 e. The van der Waals surface area contributed by atoms with Crippen LogP contribution in [0.25, 0.3) is 53.3 Å². The molecule has 0 saturated carbocycles. The maximum atomic E-state index is 4.71. The topological polar surface area (TPSA) is 61.4 Å². The minimum atomic E-state index is 0.668. The number of hydrogen-bond acceptors (Lipinski definition) is 5. The molecule has 0 aliphatic rings. The molecule has 136 valence electrons. The van der Waals surface area contributed by atoms with Crippen LogP contribution in [0.1, 0.15) is 0 Å². The van der Waals surface area contributed by atoms with Crippen LogP contribution >= 0.6 is 11.3 Å². The number of aromatic nitrogens is 6. The Hall–Kier alpha value is -3.84. The third kappa shape index (κ3) is 1.89. The van der Waals surface area contributed by atoms with Gasteiger partial charge in [0.05, 0.1) is 22.7 Å². The average Bonchev–Trinajstić information content (AvgIpc) is 3.44. The Morgan fingerprint density at radius 3 is 2.76 bits per heavy atom. The van der Waals surface area contributed by atoms with Crippen LogP contribution in [0, 0.1) is 0 Å². The van der Waals surface area contributed by atoms with Gasteiger partial charge in [0.15, 0.2) is 5.65 Å². The SMILES string of the molecule is c1ccc2c(c1)sc1ccc3c4ncccc4n(-n4cnc5ncncc54)c3c12. The van der Waals surface area contributed by atoms with E-state index in [2.05, 4.69) is 62.1 Å². The van der Waals surface area contributed by atoms with Crippen molar-refractivity contribution in [1.29, 1.82) is 0 Å². The van der Waals surface area contributed by atoms with Crippen molar-refractivity contribution in [3.05, 3.63) is 73.6 Å². The van der Waals surface area contributed by atoms with Crippen LogP contribution in [0.4, 0.5) is 0 Å². The smallest absolute Gasteiger partial charge is 0.182 e. The molecule has 0 N–H and O–H groups in total. The lowest BCUT2D eigenvalue weighted by molar-refractivity contribution is 0.736. The summed E-state index contributed by atoms with van der Waals surface area (Å²) in [7, 11) is 0. The molecule has 0 spiro atoms. The number of nitrogens with zero attached hydrogens (tertiary/aromatic N) is 6. The predicted octanol–water partition coefficient (Wildman–Crippen LogP) is 5.01. The van der Waals surface area contributed by atoms with Crippen LogP contribution < -0.4 is 0 Å². The number of benzene rings is 2. The zero-order valence-electron chi connectivity index (χ0n) is 15.0. The van der Waals surface area contributed by atoms with E-state index in [0.29, 0.717) is 5.65 Å². The van der Waals surface area contributed by atoms with Crippen molar-refractivity contribution in [1.82, 2.24) is 29.3 Å². The molecule has 2 aromatic carbocycles. The first kappa shape index (κ1) is 15.1. The Bertz CT molecular complexity index is 1720. The summed E-state index contributed by atoms with van der Waals surface area (Å²) in [6.45, 7) is 0. The molecule has 5 heterocycles. The van der Waals surface area contributed by atoms with Gasteiger partial charge < -0.3 is 0 Å². The molecule has 0 fully saturated rings. The highest BCUT2D eigenvalue weighted by Gasteiger charge is 2.19. The monoisotopic (exact) mass is 392 g/mol. The van der Waals surface area contributed by atoms with Gasteiger partial charge >= 0.3 is 0 Å². The molecule has 0 amide bonds. The van der Waals surface area contributed by atoms with E-state index in [1.807, 2.05) is 28.3 Å². The lowest BCUT2D eigenvalue weighted by atomic mass is 10.1. The number of hydrogen-bond donors (Lipinski definition) is 0. The molecule has 0 aliphatic carbocycles. The van der Waals surface area contributed by atoms with E-state index >= 15 is 0 Å². The summed E-state index contributed by atoms with van der Waals surface area (Å²) < 4.78 is 6.74. The van der Waals surface area contributed by atoms with Gasteiger partial charge in [0.1, 0.15) is 18.2 Å². The molecular weight excluding hydrogens is 380 g/mol. The van der Waals surface area contributed by atoms with Gasteiger partial charge in [0.2, 0.25) is 0 Å². The van der Waals surface area contributed by atoms with Crippen LogP contribution in [0.5, 0.6) is 0 Å². The molecule has 5 aromatic heterocycles. The molecule has 0 aliphatic heterocycles. The maximum absolute atomic E-state index is 4.71. The fourth-order valence-electron chi connectivity index (χ4n) is 4.24. The Morgan fingerprint density at radius 2 is 1.76 bits per heavy atom. The second-order valence-corrected chi connectivity index (χ2v) is 8.02. The standard InChI is InChI=1S/C22H12N6S/c1-2-6-17-13(4-1)19-18(29-17)8-7-14-20-15(5-3-9-24-20)28(21(14)19)27-12-26-22-16(27)10-23-11-25-22/h1-12H. The quantitative estimate of drug-likeness (QED) is 0.394. The van der Waals surface area contributed by atoms with Crippen molar-refractivity contribution in [2.45, 2.75) is 0 Å². The van der Waals surface area contributed by atoms with Crippen molar-refractivity contribution in [3.8, 4) is 0 Å². The summed E-state index contributed by atoms with van der Waals surface area (Å²) in [6.07, 6.45) is 6.97. The highest BCUT2D eigenvalue weighted by Crippen LogP contribution is 2.41. The lowest BCUT2D eigenvalue weighted by Crippen LogP contribution is -2.07. The average molecular weight is 392 g/mol. The molecule has 7 rings (SSSR count). The second kappa shape index (κ2) is 5.36. The van der Waals surface area contributed by atoms with Crippen molar-refractivity contribution in [2.75, 3.05) is 0 Å². The number of fused-ring (bicyclic) bond motifs is 8. The Morgan fingerprint density at radius 1 is 0.793 bits per heavy atom. The van der Waals surface area contributed by atoms with Crippen molar-refractivity contribution in [3.63, 3.8) is 0 Å². The zero-order valence-corrected chi connectivity index (χ0v) is 15.8. The molecule has 7 aromatic rings. The van der Waals surface area contributed by atoms with Crippen molar-refractivity contribution in [2.24, 2.45) is 0 Å². The summed E-state index contributed by atoms with van der Waals surface area (Å²) in [5.41, 5.74) is 4.64. The van der Waals surface area contributed by atoms with Crippen molar-refractivity contribution < 1.29 is 0 Å². The third-order valence-corrected chi connectivity index (χ3v) is 6.56. The molecule has 7 heteroatoms. The van der Waals surface area contributed by atoms with Gasteiger partial charge in [-0.05, 0) is 30.3 Å². The van der Waals surface area contributed by atoms with E-state index < -0.39 is 0 Å². The fraction of sp³-hybridized carbons (Fsp3) is 0. The van der Waals surface area contributed by atoms with Gasteiger partial charge in [-0.1, -0.05) is 18.2 Å². The zero-order chi connectivity index (χ0) is 18.9. The number of thiophene rings is 1. The van der Waals surface area contributed by atoms with Crippen LogP contribution in [-0.2, 0) is 0 Å². The normalized spacial score (nSPS) is 12.1. The molecule has 0 atom stereocenters. The predicted molar refractivity (Wildman–Crippen MR) is 116 cm³/mol. The van der Waals surface area contributed by atoms with Gasteiger partial charge in [0, 0.05) is 31.8 Å². The highest BCUT2D eigenvalue weighted by atomic mass is 32.1. The molecule has 29 heavy (non-hydrogen) atoms. The van der Waals surface area contributed by atoms with E-state index in [0.717, 1.165) is 27.5 Å². The third-order valence-electron chi connectivity index (χ3n) is 5.42. The lowest BCUT2D eigenvalue weighted by Gasteiger charge is -2.10. The summed E-state index contributed by atoms with van der Waals surface area (Å²) in [4.78, 5) is 17.7. The fourth-order valence-corrected chi connectivity index (χ4v) is 5.35. The first-order chi connectivity index (χ1) is 14.4. The summed E-state index contributed by atoms with van der Waals surface area (Å²) in [5.74, 6) is 0. The van der Waals surface area contributed by atoms with Gasteiger partial charge in [0.25, 0.3) is 0 Å². The Kier molecular flexibility index (Phi) is 2.80. The van der Waals surface area contributed by atoms with Crippen LogP contribution in [-0.4, -0.2) is 29.3 Å². The van der Waals surface area contributed by atoms with E-state index in [4.69, 9.17) is 4.98 Å². The van der Waals surface area contributed by atoms with Gasteiger partial charge in [-0.25, -0.2) is 24.3 Å². The molecule has 0 bridgehead atoms. The number of rotatable bonds is 1. The molecule has 6 nitrogen and oxygen atoms in total.